The number of amides is 1. The predicted molar refractivity (Wildman–Crippen MR) is 106 cm³/mol. The lowest BCUT2D eigenvalue weighted by Crippen LogP contribution is -2.41. The van der Waals surface area contributed by atoms with Crippen molar-refractivity contribution in [1.29, 1.82) is 0 Å². The summed E-state index contributed by atoms with van der Waals surface area (Å²) in [5, 5.41) is 3.06. The topological polar surface area (TPSA) is 75.7 Å². The van der Waals surface area contributed by atoms with Crippen molar-refractivity contribution in [3.8, 4) is 5.75 Å². The molecule has 0 radical (unpaired) electrons. The van der Waals surface area contributed by atoms with Gasteiger partial charge in [-0.05, 0) is 38.1 Å². The highest BCUT2D eigenvalue weighted by molar-refractivity contribution is 7.92. The van der Waals surface area contributed by atoms with Crippen LogP contribution in [0.3, 0.4) is 0 Å². The standard InChI is InChI=1S/C20H24N2O4S/c1-20(2)13-17(16-10-5-6-11-18(16)26-20)21-19(23)14-8-7-9-15(12-14)22(3)27(4,24)25/h5-12,17H,13H2,1-4H3,(H,21,23)/t17-/m1/s1. The fraction of sp³-hybridized carbons (Fsp3) is 0.350. The van der Waals surface area contributed by atoms with E-state index < -0.39 is 15.6 Å². The molecule has 6 nitrogen and oxygen atoms in total. The Hall–Kier alpha value is -2.54. The number of ether oxygens (including phenoxy) is 1. The van der Waals surface area contributed by atoms with E-state index in [1.807, 2.05) is 38.1 Å². The largest absolute Gasteiger partial charge is 0.487 e. The van der Waals surface area contributed by atoms with Crippen molar-refractivity contribution in [3.05, 3.63) is 59.7 Å². The van der Waals surface area contributed by atoms with Crippen LogP contribution in [0.4, 0.5) is 5.69 Å². The van der Waals surface area contributed by atoms with Gasteiger partial charge in [0.1, 0.15) is 11.4 Å². The molecule has 1 amide bonds. The minimum Gasteiger partial charge on any atom is -0.487 e. The molecule has 0 fully saturated rings. The molecule has 0 bridgehead atoms. The Labute approximate surface area is 160 Å². The highest BCUT2D eigenvalue weighted by Gasteiger charge is 2.34. The van der Waals surface area contributed by atoms with Crippen molar-refractivity contribution in [2.75, 3.05) is 17.6 Å². The number of nitrogens with zero attached hydrogens (tertiary/aromatic N) is 1. The highest BCUT2D eigenvalue weighted by atomic mass is 32.2. The fourth-order valence-electron chi connectivity index (χ4n) is 3.21. The zero-order valence-electron chi connectivity index (χ0n) is 15.9. The maximum absolute atomic E-state index is 12.8. The summed E-state index contributed by atoms with van der Waals surface area (Å²) in [6, 6.07) is 14.1. The molecule has 2 aromatic rings. The maximum atomic E-state index is 12.8. The maximum Gasteiger partial charge on any atom is 0.251 e. The van der Waals surface area contributed by atoms with Gasteiger partial charge in [-0.1, -0.05) is 24.3 Å². The van der Waals surface area contributed by atoms with Gasteiger partial charge in [0.05, 0.1) is 18.0 Å². The summed E-state index contributed by atoms with van der Waals surface area (Å²) in [5.41, 5.74) is 1.39. The van der Waals surface area contributed by atoms with Crippen molar-refractivity contribution < 1.29 is 17.9 Å². The van der Waals surface area contributed by atoms with Gasteiger partial charge in [0, 0.05) is 24.6 Å². The first kappa shape index (κ1) is 19.2. The van der Waals surface area contributed by atoms with Crippen LogP contribution in [0, 0.1) is 0 Å². The van der Waals surface area contributed by atoms with Crippen LogP contribution in [-0.2, 0) is 10.0 Å². The Morgan fingerprint density at radius 2 is 1.89 bits per heavy atom. The van der Waals surface area contributed by atoms with Gasteiger partial charge in [-0.3, -0.25) is 9.10 Å². The first-order valence-corrected chi connectivity index (χ1v) is 10.5. The van der Waals surface area contributed by atoms with Crippen molar-refractivity contribution in [1.82, 2.24) is 5.32 Å². The van der Waals surface area contributed by atoms with Crippen LogP contribution in [0.5, 0.6) is 5.75 Å². The van der Waals surface area contributed by atoms with Crippen LogP contribution in [0.2, 0.25) is 0 Å². The van der Waals surface area contributed by atoms with E-state index in [2.05, 4.69) is 5.32 Å². The third-order valence-electron chi connectivity index (χ3n) is 4.65. The molecule has 0 aromatic heterocycles. The average Bonchev–Trinajstić information content (AvgIpc) is 2.59. The number of rotatable bonds is 4. The molecule has 0 saturated carbocycles. The molecule has 27 heavy (non-hydrogen) atoms. The number of benzene rings is 2. The monoisotopic (exact) mass is 388 g/mol. The van der Waals surface area contributed by atoms with Crippen LogP contribution in [0.25, 0.3) is 0 Å². The second kappa shape index (κ2) is 6.88. The van der Waals surface area contributed by atoms with Crippen LogP contribution in [0.1, 0.15) is 42.2 Å². The Morgan fingerprint density at radius 3 is 2.59 bits per heavy atom. The van der Waals surface area contributed by atoms with Crippen molar-refractivity contribution in [2.45, 2.75) is 31.9 Å². The number of anilines is 1. The summed E-state index contributed by atoms with van der Waals surface area (Å²) in [5.74, 6) is 0.515. The smallest absolute Gasteiger partial charge is 0.251 e. The molecule has 0 spiro atoms. The summed E-state index contributed by atoms with van der Waals surface area (Å²) < 4.78 is 30.6. The molecule has 1 aliphatic rings. The third-order valence-corrected chi connectivity index (χ3v) is 5.86. The van der Waals surface area contributed by atoms with E-state index in [9.17, 15) is 13.2 Å². The number of hydrogen-bond acceptors (Lipinski definition) is 4. The molecule has 1 atom stereocenters. The minimum atomic E-state index is -3.40. The fourth-order valence-corrected chi connectivity index (χ4v) is 3.70. The van der Waals surface area contributed by atoms with Gasteiger partial charge in [-0.2, -0.15) is 0 Å². The van der Waals surface area contributed by atoms with Crippen LogP contribution < -0.4 is 14.4 Å². The SMILES string of the molecule is CN(c1cccc(C(=O)N[C@@H]2CC(C)(C)Oc3ccccc32)c1)S(C)(=O)=O. The molecular formula is C20H24N2O4S. The zero-order valence-corrected chi connectivity index (χ0v) is 16.7. The molecule has 0 saturated heterocycles. The van der Waals surface area contributed by atoms with Crippen molar-refractivity contribution in [3.63, 3.8) is 0 Å². The Kier molecular flexibility index (Phi) is 4.90. The first-order valence-electron chi connectivity index (χ1n) is 8.70. The Bertz CT molecular complexity index is 969. The summed E-state index contributed by atoms with van der Waals surface area (Å²) in [6.07, 6.45) is 1.76. The van der Waals surface area contributed by atoms with Crippen LogP contribution in [0.15, 0.2) is 48.5 Å². The number of carbonyl (C=O) groups excluding carboxylic acids is 1. The van der Waals surface area contributed by atoms with E-state index in [1.165, 1.54) is 7.05 Å². The second-order valence-corrected chi connectivity index (χ2v) is 9.42. The summed E-state index contributed by atoms with van der Waals surface area (Å²) in [7, 11) is -1.93. The molecule has 1 aliphatic heterocycles. The van der Waals surface area contributed by atoms with Gasteiger partial charge < -0.3 is 10.1 Å². The molecule has 2 aromatic carbocycles. The zero-order chi connectivity index (χ0) is 19.8. The molecule has 1 N–H and O–H groups in total. The quantitative estimate of drug-likeness (QED) is 0.873. The summed E-state index contributed by atoms with van der Waals surface area (Å²) in [4.78, 5) is 12.8. The normalized spacial score (nSPS) is 18.1. The van der Waals surface area contributed by atoms with E-state index in [-0.39, 0.29) is 11.9 Å². The number of hydrogen-bond donors (Lipinski definition) is 1. The lowest BCUT2D eigenvalue weighted by Gasteiger charge is -2.37. The highest BCUT2D eigenvalue weighted by Crippen LogP contribution is 2.39. The molecule has 7 heteroatoms. The van der Waals surface area contributed by atoms with E-state index >= 15 is 0 Å². The summed E-state index contributed by atoms with van der Waals surface area (Å²) >= 11 is 0. The summed E-state index contributed by atoms with van der Waals surface area (Å²) in [6.45, 7) is 3.98. The van der Waals surface area contributed by atoms with E-state index in [4.69, 9.17) is 4.74 Å². The van der Waals surface area contributed by atoms with Crippen LogP contribution >= 0.6 is 0 Å². The van der Waals surface area contributed by atoms with Gasteiger partial charge in [0.15, 0.2) is 0 Å². The third kappa shape index (κ3) is 4.24. The number of para-hydroxylation sites is 1. The van der Waals surface area contributed by atoms with E-state index in [1.54, 1.807) is 24.3 Å². The lowest BCUT2D eigenvalue weighted by molar-refractivity contribution is 0.0619. The first-order chi connectivity index (χ1) is 12.6. The van der Waals surface area contributed by atoms with E-state index in [0.717, 1.165) is 21.9 Å². The predicted octanol–water partition coefficient (Wildman–Crippen LogP) is 3.11. The molecule has 144 valence electrons. The average molecular weight is 388 g/mol. The van der Waals surface area contributed by atoms with Gasteiger partial charge >= 0.3 is 0 Å². The number of carbonyl (C=O) groups is 1. The van der Waals surface area contributed by atoms with Gasteiger partial charge in [-0.25, -0.2) is 8.42 Å². The van der Waals surface area contributed by atoms with Gasteiger partial charge in [0.25, 0.3) is 5.91 Å². The van der Waals surface area contributed by atoms with Crippen molar-refractivity contribution in [2.24, 2.45) is 0 Å². The minimum absolute atomic E-state index is 0.186. The molecule has 0 unspecified atom stereocenters. The number of fused-ring (bicyclic) bond motifs is 1. The molecule has 3 rings (SSSR count). The Morgan fingerprint density at radius 1 is 1.19 bits per heavy atom. The molecule has 1 heterocycles. The number of nitrogens with one attached hydrogen (secondary N) is 1. The van der Waals surface area contributed by atoms with Gasteiger partial charge in [-0.15, -0.1) is 0 Å². The van der Waals surface area contributed by atoms with Crippen molar-refractivity contribution >= 4 is 21.6 Å². The number of sulfonamides is 1. The van der Waals surface area contributed by atoms with Gasteiger partial charge in [0.2, 0.25) is 10.0 Å². The van der Waals surface area contributed by atoms with E-state index in [0.29, 0.717) is 17.7 Å². The van der Waals surface area contributed by atoms with Crippen LogP contribution in [-0.4, -0.2) is 33.2 Å². The Balaban J connectivity index is 1.86. The molecular weight excluding hydrogens is 364 g/mol. The lowest BCUT2D eigenvalue weighted by atomic mass is 9.89. The second-order valence-electron chi connectivity index (χ2n) is 7.41. The molecule has 0 aliphatic carbocycles.